The molecule has 0 saturated heterocycles. The maximum absolute atomic E-state index is 11.1. The van der Waals surface area contributed by atoms with Crippen molar-refractivity contribution in [2.75, 3.05) is 12.1 Å². The van der Waals surface area contributed by atoms with Crippen LogP contribution in [0.25, 0.3) is 0 Å². The Hall–Kier alpha value is -3.36. The minimum Gasteiger partial charge on any atom is -0.454 e. The van der Waals surface area contributed by atoms with Crippen molar-refractivity contribution in [3.8, 4) is 11.5 Å². The summed E-state index contributed by atoms with van der Waals surface area (Å²) >= 11 is 0. The highest BCUT2D eigenvalue weighted by Crippen LogP contribution is 2.37. The first-order valence-corrected chi connectivity index (χ1v) is 6.14. The number of benzene rings is 2. The van der Waals surface area contributed by atoms with Gasteiger partial charge in [-0.3, -0.25) is 20.2 Å². The Morgan fingerprint density at radius 1 is 0.955 bits per heavy atom. The molecule has 1 heterocycles. The fourth-order valence-electron chi connectivity index (χ4n) is 2.02. The van der Waals surface area contributed by atoms with Crippen molar-refractivity contribution in [3.05, 3.63) is 56.6 Å². The molecule has 0 amide bonds. The highest BCUT2D eigenvalue weighted by Gasteiger charge is 2.20. The van der Waals surface area contributed by atoms with E-state index >= 15 is 0 Å². The van der Waals surface area contributed by atoms with E-state index in [1.165, 1.54) is 12.1 Å². The second kappa shape index (κ2) is 5.20. The monoisotopic (exact) mass is 303 g/mol. The Kier molecular flexibility index (Phi) is 3.22. The van der Waals surface area contributed by atoms with Crippen molar-refractivity contribution in [1.82, 2.24) is 0 Å². The maximum atomic E-state index is 11.1. The summed E-state index contributed by atoms with van der Waals surface area (Å²) in [5, 5.41) is 24.6. The van der Waals surface area contributed by atoms with E-state index in [9.17, 15) is 20.2 Å². The normalized spacial score (nSPS) is 12.0. The van der Waals surface area contributed by atoms with Gasteiger partial charge in [0.05, 0.1) is 15.9 Å². The SMILES string of the molecule is O=[N+]([O-])c1ccc(Nc2ccc3c(c2)OCO3)c([N+](=O)[O-])c1. The molecule has 0 radical (unpaired) electrons. The largest absolute Gasteiger partial charge is 0.454 e. The molecule has 0 unspecified atom stereocenters. The van der Waals surface area contributed by atoms with Gasteiger partial charge in [-0.05, 0) is 18.2 Å². The molecule has 1 N–H and O–H groups in total. The number of hydrogen-bond donors (Lipinski definition) is 1. The van der Waals surface area contributed by atoms with Gasteiger partial charge < -0.3 is 14.8 Å². The van der Waals surface area contributed by atoms with Crippen LogP contribution in [0.1, 0.15) is 0 Å². The number of nitrogens with zero attached hydrogens (tertiary/aromatic N) is 2. The van der Waals surface area contributed by atoms with Crippen molar-refractivity contribution in [1.29, 1.82) is 0 Å². The third kappa shape index (κ3) is 2.46. The third-order valence-corrected chi connectivity index (χ3v) is 3.04. The van der Waals surface area contributed by atoms with Crippen molar-refractivity contribution in [2.24, 2.45) is 0 Å². The number of nitro groups is 2. The molecule has 22 heavy (non-hydrogen) atoms. The summed E-state index contributed by atoms with van der Waals surface area (Å²) in [7, 11) is 0. The van der Waals surface area contributed by atoms with Crippen molar-refractivity contribution >= 4 is 22.7 Å². The number of ether oxygens (including phenoxy) is 2. The highest BCUT2D eigenvalue weighted by atomic mass is 16.7. The van der Waals surface area contributed by atoms with Gasteiger partial charge in [-0.1, -0.05) is 0 Å². The zero-order chi connectivity index (χ0) is 15.7. The van der Waals surface area contributed by atoms with Gasteiger partial charge in [0.1, 0.15) is 5.69 Å². The molecule has 1 aliphatic rings. The summed E-state index contributed by atoms with van der Waals surface area (Å²) in [4.78, 5) is 20.4. The molecule has 9 heteroatoms. The van der Waals surface area contributed by atoms with Crippen molar-refractivity contribution in [3.63, 3.8) is 0 Å². The molecular weight excluding hydrogens is 294 g/mol. The molecule has 9 nitrogen and oxygen atoms in total. The summed E-state index contributed by atoms with van der Waals surface area (Å²) < 4.78 is 10.4. The Labute approximate surface area is 123 Å². The van der Waals surface area contributed by atoms with Crippen LogP contribution in [-0.2, 0) is 0 Å². The Bertz CT molecular complexity index is 776. The molecule has 0 spiro atoms. The molecule has 0 atom stereocenters. The minimum atomic E-state index is -0.683. The van der Waals surface area contributed by atoms with Crippen LogP contribution in [-0.4, -0.2) is 16.6 Å². The molecular formula is C13H9N3O6. The van der Waals surface area contributed by atoms with Crippen LogP contribution in [0.15, 0.2) is 36.4 Å². The van der Waals surface area contributed by atoms with E-state index in [2.05, 4.69) is 5.32 Å². The van der Waals surface area contributed by atoms with E-state index in [0.717, 1.165) is 6.07 Å². The molecule has 0 fully saturated rings. The van der Waals surface area contributed by atoms with Crippen LogP contribution >= 0.6 is 0 Å². The summed E-state index contributed by atoms with van der Waals surface area (Å²) in [6, 6.07) is 8.37. The molecule has 3 rings (SSSR count). The number of nitrogens with one attached hydrogen (secondary N) is 1. The van der Waals surface area contributed by atoms with Gasteiger partial charge in [0.2, 0.25) is 6.79 Å². The first-order chi connectivity index (χ1) is 10.5. The molecule has 112 valence electrons. The van der Waals surface area contributed by atoms with Crippen LogP contribution < -0.4 is 14.8 Å². The van der Waals surface area contributed by atoms with Gasteiger partial charge >= 0.3 is 0 Å². The first kappa shape index (κ1) is 13.6. The third-order valence-electron chi connectivity index (χ3n) is 3.04. The lowest BCUT2D eigenvalue weighted by Gasteiger charge is -2.07. The van der Waals surface area contributed by atoms with Crippen LogP contribution in [0, 0.1) is 20.2 Å². The molecule has 1 aliphatic heterocycles. The van der Waals surface area contributed by atoms with Gasteiger partial charge in [0.15, 0.2) is 11.5 Å². The Balaban J connectivity index is 1.94. The van der Waals surface area contributed by atoms with E-state index < -0.39 is 9.85 Å². The average Bonchev–Trinajstić information content (AvgIpc) is 2.94. The summed E-state index contributed by atoms with van der Waals surface area (Å²) in [5.74, 6) is 1.11. The molecule has 0 aliphatic carbocycles. The predicted octanol–water partition coefficient (Wildman–Crippen LogP) is 2.98. The van der Waals surface area contributed by atoms with Crippen LogP contribution in [0.3, 0.4) is 0 Å². The second-order valence-corrected chi connectivity index (χ2v) is 4.41. The molecule has 2 aromatic rings. The predicted molar refractivity (Wildman–Crippen MR) is 75.6 cm³/mol. The highest BCUT2D eigenvalue weighted by molar-refractivity contribution is 5.73. The van der Waals surface area contributed by atoms with E-state index in [-0.39, 0.29) is 23.9 Å². The maximum Gasteiger partial charge on any atom is 0.299 e. The van der Waals surface area contributed by atoms with Gasteiger partial charge in [-0.25, -0.2) is 0 Å². The van der Waals surface area contributed by atoms with E-state index in [0.29, 0.717) is 17.2 Å². The lowest BCUT2D eigenvalue weighted by Crippen LogP contribution is -1.98. The lowest BCUT2D eigenvalue weighted by atomic mass is 10.2. The Morgan fingerprint density at radius 3 is 2.45 bits per heavy atom. The van der Waals surface area contributed by atoms with Gasteiger partial charge in [0, 0.05) is 17.8 Å². The summed E-state index contributed by atoms with van der Waals surface area (Å²) in [6.45, 7) is 0.121. The van der Waals surface area contributed by atoms with Crippen LogP contribution in [0.2, 0.25) is 0 Å². The fourth-order valence-corrected chi connectivity index (χ4v) is 2.02. The lowest BCUT2D eigenvalue weighted by molar-refractivity contribution is -0.393. The van der Waals surface area contributed by atoms with Crippen LogP contribution in [0.4, 0.5) is 22.7 Å². The minimum absolute atomic E-state index is 0.121. The summed E-state index contributed by atoms with van der Waals surface area (Å²) in [5.41, 5.74) is -0.0366. The molecule has 0 bridgehead atoms. The number of nitro benzene ring substituents is 2. The number of hydrogen-bond acceptors (Lipinski definition) is 7. The van der Waals surface area contributed by atoms with E-state index in [1.807, 2.05) is 0 Å². The quantitative estimate of drug-likeness (QED) is 0.681. The zero-order valence-corrected chi connectivity index (χ0v) is 11.0. The number of fused-ring (bicyclic) bond motifs is 1. The summed E-state index contributed by atoms with van der Waals surface area (Å²) in [6.07, 6.45) is 0. The smallest absolute Gasteiger partial charge is 0.299 e. The average molecular weight is 303 g/mol. The number of non-ortho nitro benzene ring substituents is 1. The van der Waals surface area contributed by atoms with Crippen molar-refractivity contribution < 1.29 is 19.3 Å². The Morgan fingerprint density at radius 2 is 1.73 bits per heavy atom. The zero-order valence-electron chi connectivity index (χ0n) is 11.0. The van der Waals surface area contributed by atoms with E-state index in [1.54, 1.807) is 18.2 Å². The second-order valence-electron chi connectivity index (χ2n) is 4.41. The van der Waals surface area contributed by atoms with Gasteiger partial charge in [0.25, 0.3) is 11.4 Å². The topological polar surface area (TPSA) is 117 Å². The number of rotatable bonds is 4. The standard InChI is InChI=1S/C13H9N3O6/c17-15(18)9-2-3-10(11(6-9)16(19)20)14-8-1-4-12-13(5-8)22-7-21-12/h1-6,14H,7H2. The van der Waals surface area contributed by atoms with Crippen molar-refractivity contribution in [2.45, 2.75) is 0 Å². The van der Waals surface area contributed by atoms with Crippen LogP contribution in [0.5, 0.6) is 11.5 Å². The van der Waals surface area contributed by atoms with Gasteiger partial charge in [-0.2, -0.15) is 0 Å². The first-order valence-electron chi connectivity index (χ1n) is 6.14. The van der Waals surface area contributed by atoms with E-state index in [4.69, 9.17) is 9.47 Å². The molecule has 0 aromatic heterocycles. The van der Waals surface area contributed by atoms with Gasteiger partial charge in [-0.15, -0.1) is 0 Å². The fraction of sp³-hybridized carbons (Fsp3) is 0.0769. The molecule has 2 aromatic carbocycles. The molecule has 0 saturated carbocycles. The number of anilines is 2.